The van der Waals surface area contributed by atoms with Gasteiger partial charge in [-0.1, -0.05) is 30.0 Å². The van der Waals surface area contributed by atoms with Gasteiger partial charge in [0.1, 0.15) is 0 Å². The highest BCUT2D eigenvalue weighted by molar-refractivity contribution is 7.98. The average Bonchev–Trinajstić information content (AvgIpc) is 2.90. The third-order valence-electron chi connectivity index (χ3n) is 2.52. The van der Waals surface area contributed by atoms with E-state index in [2.05, 4.69) is 16.0 Å². The highest BCUT2D eigenvalue weighted by Crippen LogP contribution is 2.22. The van der Waals surface area contributed by atoms with Crippen molar-refractivity contribution < 1.29 is 0 Å². The number of thioether (sulfide) groups is 1. The molecular formula is C13H10N2OS2. The van der Waals surface area contributed by atoms with E-state index in [9.17, 15) is 4.79 Å². The third-order valence-corrected chi connectivity index (χ3v) is 4.50. The standard InChI is InChI=1S/C13H10N2OS2/c16-12-10-5-1-2-6-11(10)14-13(15-12)18-8-9-4-3-7-17-9/h1-7H,8H2,(H,14,15,16). The van der Waals surface area contributed by atoms with Crippen molar-refractivity contribution in [2.45, 2.75) is 10.9 Å². The van der Waals surface area contributed by atoms with Crippen LogP contribution >= 0.6 is 23.1 Å². The Kier molecular flexibility index (Phi) is 3.17. The number of rotatable bonds is 3. The first-order chi connectivity index (χ1) is 8.83. The number of hydrogen-bond donors (Lipinski definition) is 1. The minimum Gasteiger partial charge on any atom is -0.301 e. The van der Waals surface area contributed by atoms with E-state index in [1.54, 1.807) is 29.2 Å². The van der Waals surface area contributed by atoms with Crippen LogP contribution in [0, 0.1) is 0 Å². The van der Waals surface area contributed by atoms with Gasteiger partial charge in [0.05, 0.1) is 10.9 Å². The largest absolute Gasteiger partial charge is 0.301 e. The second kappa shape index (κ2) is 4.96. The molecule has 0 saturated heterocycles. The molecule has 3 aromatic rings. The summed E-state index contributed by atoms with van der Waals surface area (Å²) in [6.07, 6.45) is 0. The number of aromatic nitrogens is 2. The summed E-state index contributed by atoms with van der Waals surface area (Å²) in [5.74, 6) is 0.832. The maximum Gasteiger partial charge on any atom is 0.259 e. The van der Waals surface area contributed by atoms with Crippen molar-refractivity contribution in [3.8, 4) is 0 Å². The van der Waals surface area contributed by atoms with Crippen LogP contribution in [0.15, 0.2) is 51.7 Å². The molecule has 0 saturated carbocycles. The van der Waals surface area contributed by atoms with Gasteiger partial charge in [-0.3, -0.25) is 4.79 Å². The van der Waals surface area contributed by atoms with E-state index in [0.717, 1.165) is 11.3 Å². The molecule has 0 spiro atoms. The predicted octanol–water partition coefficient (Wildman–Crippen LogP) is 3.28. The van der Waals surface area contributed by atoms with Gasteiger partial charge in [-0.15, -0.1) is 11.3 Å². The molecule has 0 unspecified atom stereocenters. The summed E-state index contributed by atoms with van der Waals surface area (Å²) in [6, 6.07) is 11.5. The Labute approximate surface area is 112 Å². The lowest BCUT2D eigenvalue weighted by atomic mass is 10.2. The zero-order valence-electron chi connectivity index (χ0n) is 9.42. The van der Waals surface area contributed by atoms with Crippen LogP contribution < -0.4 is 5.56 Å². The van der Waals surface area contributed by atoms with Crippen molar-refractivity contribution in [3.63, 3.8) is 0 Å². The number of H-pyrrole nitrogens is 1. The lowest BCUT2D eigenvalue weighted by Crippen LogP contribution is -2.08. The molecule has 0 aliphatic carbocycles. The monoisotopic (exact) mass is 274 g/mol. The summed E-state index contributed by atoms with van der Waals surface area (Å²) < 4.78 is 0. The van der Waals surface area contributed by atoms with Crippen molar-refractivity contribution in [2.75, 3.05) is 0 Å². The van der Waals surface area contributed by atoms with Gasteiger partial charge < -0.3 is 4.98 Å². The van der Waals surface area contributed by atoms with E-state index in [1.165, 1.54) is 4.88 Å². The van der Waals surface area contributed by atoms with Crippen LogP contribution in [-0.4, -0.2) is 9.97 Å². The van der Waals surface area contributed by atoms with E-state index < -0.39 is 0 Å². The molecule has 0 atom stereocenters. The summed E-state index contributed by atoms with van der Waals surface area (Å²) in [5, 5.41) is 3.36. The van der Waals surface area contributed by atoms with Gasteiger partial charge in [-0.25, -0.2) is 4.98 Å². The highest BCUT2D eigenvalue weighted by atomic mass is 32.2. The van der Waals surface area contributed by atoms with Crippen molar-refractivity contribution >= 4 is 34.0 Å². The highest BCUT2D eigenvalue weighted by Gasteiger charge is 2.04. The molecule has 2 aromatic heterocycles. The lowest BCUT2D eigenvalue weighted by molar-refractivity contribution is 0.974. The van der Waals surface area contributed by atoms with Crippen LogP contribution in [0.25, 0.3) is 10.9 Å². The fourth-order valence-corrected chi connectivity index (χ4v) is 3.31. The summed E-state index contributed by atoms with van der Waals surface area (Å²) in [4.78, 5) is 20.4. The number of nitrogens with one attached hydrogen (secondary N) is 1. The molecular weight excluding hydrogens is 264 g/mol. The Morgan fingerprint density at radius 2 is 2.11 bits per heavy atom. The molecule has 0 aliphatic heterocycles. The second-order valence-electron chi connectivity index (χ2n) is 3.76. The first-order valence-corrected chi connectivity index (χ1v) is 7.34. The number of fused-ring (bicyclic) bond motifs is 1. The topological polar surface area (TPSA) is 45.8 Å². The Hall–Kier alpha value is -1.59. The van der Waals surface area contributed by atoms with Gasteiger partial charge in [0.25, 0.3) is 5.56 Å². The van der Waals surface area contributed by atoms with Gasteiger partial charge in [0.15, 0.2) is 5.16 Å². The van der Waals surface area contributed by atoms with E-state index in [0.29, 0.717) is 10.5 Å². The molecule has 90 valence electrons. The Bertz CT molecular complexity index is 719. The molecule has 1 aromatic carbocycles. The summed E-state index contributed by atoms with van der Waals surface area (Å²) in [7, 11) is 0. The van der Waals surface area contributed by atoms with Crippen LogP contribution in [-0.2, 0) is 5.75 Å². The van der Waals surface area contributed by atoms with Crippen molar-refractivity contribution in [3.05, 3.63) is 57.0 Å². The molecule has 1 N–H and O–H groups in total. The van der Waals surface area contributed by atoms with Crippen LogP contribution in [0.4, 0.5) is 0 Å². The lowest BCUT2D eigenvalue weighted by Gasteiger charge is -2.01. The van der Waals surface area contributed by atoms with Crippen LogP contribution in [0.2, 0.25) is 0 Å². The molecule has 0 bridgehead atoms. The van der Waals surface area contributed by atoms with Crippen LogP contribution in [0.1, 0.15) is 4.88 Å². The SMILES string of the molecule is O=c1[nH]c(SCc2cccs2)nc2ccccc12. The molecule has 0 fully saturated rings. The quantitative estimate of drug-likeness (QED) is 0.589. The minimum absolute atomic E-state index is 0.0747. The number of para-hydroxylation sites is 1. The van der Waals surface area contributed by atoms with Gasteiger partial charge >= 0.3 is 0 Å². The van der Waals surface area contributed by atoms with Crippen molar-refractivity contribution in [1.29, 1.82) is 0 Å². The van der Waals surface area contributed by atoms with E-state index in [-0.39, 0.29) is 5.56 Å². The fourth-order valence-electron chi connectivity index (χ4n) is 1.67. The van der Waals surface area contributed by atoms with Gasteiger partial charge in [-0.05, 0) is 23.6 Å². The second-order valence-corrected chi connectivity index (χ2v) is 5.75. The summed E-state index contributed by atoms with van der Waals surface area (Å²) in [5.41, 5.74) is 0.671. The molecule has 0 radical (unpaired) electrons. The number of nitrogens with zero attached hydrogens (tertiary/aromatic N) is 1. The number of aromatic amines is 1. The number of benzene rings is 1. The Morgan fingerprint density at radius 1 is 1.22 bits per heavy atom. The molecule has 0 aliphatic rings. The molecule has 2 heterocycles. The third kappa shape index (κ3) is 2.32. The zero-order chi connectivity index (χ0) is 12.4. The molecule has 5 heteroatoms. The average molecular weight is 274 g/mol. The Morgan fingerprint density at radius 3 is 2.94 bits per heavy atom. The van der Waals surface area contributed by atoms with Crippen LogP contribution in [0.3, 0.4) is 0 Å². The molecule has 3 nitrogen and oxygen atoms in total. The minimum atomic E-state index is -0.0747. The summed E-state index contributed by atoms with van der Waals surface area (Å²) in [6.45, 7) is 0. The molecule has 0 amide bonds. The number of hydrogen-bond acceptors (Lipinski definition) is 4. The van der Waals surface area contributed by atoms with E-state index in [4.69, 9.17) is 0 Å². The Balaban J connectivity index is 1.91. The van der Waals surface area contributed by atoms with Gasteiger partial charge in [0, 0.05) is 10.6 Å². The van der Waals surface area contributed by atoms with Gasteiger partial charge in [-0.2, -0.15) is 0 Å². The van der Waals surface area contributed by atoms with Crippen molar-refractivity contribution in [2.24, 2.45) is 0 Å². The normalized spacial score (nSPS) is 10.9. The zero-order valence-corrected chi connectivity index (χ0v) is 11.1. The number of thiophene rings is 1. The maximum atomic E-state index is 11.9. The molecule has 3 rings (SSSR count). The maximum absolute atomic E-state index is 11.9. The summed E-state index contributed by atoms with van der Waals surface area (Å²) >= 11 is 3.26. The first-order valence-electron chi connectivity index (χ1n) is 5.47. The smallest absolute Gasteiger partial charge is 0.259 e. The van der Waals surface area contributed by atoms with E-state index >= 15 is 0 Å². The van der Waals surface area contributed by atoms with Crippen LogP contribution in [0.5, 0.6) is 0 Å². The van der Waals surface area contributed by atoms with Gasteiger partial charge in [0.2, 0.25) is 0 Å². The first kappa shape index (κ1) is 11.5. The van der Waals surface area contributed by atoms with E-state index in [1.807, 2.05) is 29.6 Å². The molecule has 18 heavy (non-hydrogen) atoms. The fraction of sp³-hybridized carbons (Fsp3) is 0.0769. The predicted molar refractivity (Wildman–Crippen MR) is 76.2 cm³/mol. The van der Waals surface area contributed by atoms with Crippen molar-refractivity contribution in [1.82, 2.24) is 9.97 Å².